The van der Waals surface area contributed by atoms with Crippen molar-refractivity contribution in [3.63, 3.8) is 0 Å². The van der Waals surface area contributed by atoms with Crippen molar-refractivity contribution in [3.05, 3.63) is 96.1 Å². The van der Waals surface area contributed by atoms with E-state index in [-0.39, 0.29) is 17.2 Å². The van der Waals surface area contributed by atoms with Crippen molar-refractivity contribution in [2.24, 2.45) is 4.99 Å². The second kappa shape index (κ2) is 10.9. The molecule has 0 radical (unpaired) electrons. The smallest absolute Gasteiger partial charge is 0.261 e. The van der Waals surface area contributed by atoms with Crippen molar-refractivity contribution >= 4 is 24.7 Å². The lowest BCUT2D eigenvalue weighted by atomic mass is 10.1. The first-order chi connectivity index (χ1) is 19.0. The summed E-state index contributed by atoms with van der Waals surface area (Å²) < 4.78 is 7.75. The second-order valence-electron chi connectivity index (χ2n) is 12.5. The van der Waals surface area contributed by atoms with Crippen molar-refractivity contribution in [1.29, 1.82) is 0 Å². The molecule has 3 aliphatic rings. The van der Waals surface area contributed by atoms with Gasteiger partial charge in [-0.05, 0) is 52.2 Å². The standard InChI is InChI=1S/C34H43N3OSi/c1-34(2,3)39(28-17-6-4-7-18-28,29-19-8-5-9-20-29)38-31-26-27-16-10-11-21-30(27)32(31)35-33(36-22-12-13-23-36)37-24-14-15-25-37/h4-11,16-21,31-32H,12-15,22-26H2,1-3H3/t31-,32+/m0/s1. The van der Waals surface area contributed by atoms with Crippen molar-refractivity contribution < 1.29 is 4.43 Å². The molecule has 0 saturated carbocycles. The highest BCUT2D eigenvalue weighted by Crippen LogP contribution is 2.43. The zero-order chi connectivity index (χ0) is 26.9. The third-order valence-electron chi connectivity index (χ3n) is 8.92. The van der Waals surface area contributed by atoms with Crippen LogP contribution in [0.3, 0.4) is 0 Å². The summed E-state index contributed by atoms with van der Waals surface area (Å²) in [6.07, 6.45) is 5.94. The number of benzene rings is 3. The molecular weight excluding hydrogens is 494 g/mol. The normalized spacial score (nSPS) is 21.3. The minimum Gasteiger partial charge on any atom is -0.402 e. The Kier molecular flexibility index (Phi) is 7.39. The molecule has 0 aromatic heterocycles. The van der Waals surface area contributed by atoms with E-state index < -0.39 is 8.32 Å². The number of guanidine groups is 1. The van der Waals surface area contributed by atoms with Crippen LogP contribution in [0.15, 0.2) is 89.9 Å². The Morgan fingerprint density at radius 1 is 0.718 bits per heavy atom. The maximum absolute atomic E-state index is 7.75. The molecule has 2 heterocycles. The van der Waals surface area contributed by atoms with Crippen LogP contribution >= 0.6 is 0 Å². The van der Waals surface area contributed by atoms with E-state index in [0.717, 1.165) is 32.6 Å². The van der Waals surface area contributed by atoms with E-state index in [1.54, 1.807) is 0 Å². The first kappa shape index (κ1) is 26.3. The summed E-state index contributed by atoms with van der Waals surface area (Å²) in [4.78, 5) is 10.8. The molecule has 4 nitrogen and oxygen atoms in total. The summed E-state index contributed by atoms with van der Waals surface area (Å²) in [7, 11) is -2.71. The SMILES string of the molecule is CC(C)(C)[Si](O[C@H]1Cc2ccccc2[C@H]1N=C(N1CCCC1)N1CCCC1)(c1ccccc1)c1ccccc1. The van der Waals surface area contributed by atoms with E-state index >= 15 is 0 Å². The number of fused-ring (bicyclic) bond motifs is 1. The third kappa shape index (κ3) is 4.96. The molecule has 3 aromatic rings. The fourth-order valence-corrected chi connectivity index (χ4v) is 11.7. The molecule has 0 N–H and O–H groups in total. The van der Waals surface area contributed by atoms with E-state index in [4.69, 9.17) is 9.42 Å². The average molecular weight is 538 g/mol. The van der Waals surface area contributed by atoms with Gasteiger partial charge in [0.25, 0.3) is 8.32 Å². The zero-order valence-electron chi connectivity index (χ0n) is 23.9. The summed E-state index contributed by atoms with van der Waals surface area (Å²) in [5, 5.41) is 2.61. The van der Waals surface area contributed by atoms with E-state index in [0.29, 0.717) is 0 Å². The van der Waals surface area contributed by atoms with Gasteiger partial charge in [0.2, 0.25) is 0 Å². The number of likely N-dealkylation sites (tertiary alicyclic amines) is 2. The van der Waals surface area contributed by atoms with Crippen LogP contribution in [0.4, 0.5) is 0 Å². The second-order valence-corrected chi connectivity index (χ2v) is 16.7. The van der Waals surface area contributed by atoms with Gasteiger partial charge >= 0.3 is 0 Å². The lowest BCUT2D eigenvalue weighted by molar-refractivity contribution is 0.170. The maximum Gasteiger partial charge on any atom is 0.261 e. The van der Waals surface area contributed by atoms with Gasteiger partial charge in [0.15, 0.2) is 5.96 Å². The van der Waals surface area contributed by atoms with Gasteiger partial charge in [-0.2, -0.15) is 0 Å². The molecule has 1 aliphatic carbocycles. The Hall–Kier alpha value is -2.89. The van der Waals surface area contributed by atoms with Gasteiger partial charge in [0, 0.05) is 32.6 Å². The predicted octanol–water partition coefficient (Wildman–Crippen LogP) is 5.78. The quantitative estimate of drug-likeness (QED) is 0.235. The maximum atomic E-state index is 7.75. The highest BCUT2D eigenvalue weighted by atomic mass is 28.4. The van der Waals surface area contributed by atoms with Gasteiger partial charge in [-0.15, -0.1) is 0 Å². The van der Waals surface area contributed by atoms with E-state index in [2.05, 4.69) is 116 Å². The molecule has 0 amide bonds. The minimum absolute atomic E-state index is 0.000880. The number of aliphatic imine (C=N–C) groups is 1. The van der Waals surface area contributed by atoms with Gasteiger partial charge in [-0.3, -0.25) is 0 Å². The van der Waals surface area contributed by atoms with Crippen LogP contribution in [0, 0.1) is 0 Å². The van der Waals surface area contributed by atoms with Gasteiger partial charge < -0.3 is 14.2 Å². The monoisotopic (exact) mass is 537 g/mol. The lowest BCUT2D eigenvalue weighted by Gasteiger charge is -2.45. The lowest BCUT2D eigenvalue weighted by Crippen LogP contribution is -2.68. The van der Waals surface area contributed by atoms with Crippen LogP contribution in [-0.2, 0) is 10.8 Å². The minimum atomic E-state index is -2.71. The Bertz CT molecular complexity index is 1220. The largest absolute Gasteiger partial charge is 0.402 e. The molecule has 2 atom stereocenters. The Morgan fingerprint density at radius 3 is 1.72 bits per heavy atom. The molecule has 6 rings (SSSR count). The highest BCUT2D eigenvalue weighted by Gasteiger charge is 2.53. The van der Waals surface area contributed by atoms with Gasteiger partial charge in [-0.1, -0.05) is 106 Å². The van der Waals surface area contributed by atoms with Crippen molar-refractivity contribution in [2.45, 2.75) is 70.1 Å². The van der Waals surface area contributed by atoms with Gasteiger partial charge in [-0.25, -0.2) is 4.99 Å². The van der Waals surface area contributed by atoms with E-state index in [1.807, 2.05) is 0 Å². The molecule has 0 unspecified atom stereocenters. The first-order valence-corrected chi connectivity index (χ1v) is 16.8. The average Bonchev–Trinajstić information content (AvgIpc) is 3.73. The highest BCUT2D eigenvalue weighted by molar-refractivity contribution is 6.99. The molecular formula is C34H43N3OSi. The van der Waals surface area contributed by atoms with Crippen LogP contribution in [0.5, 0.6) is 0 Å². The van der Waals surface area contributed by atoms with Crippen LogP contribution < -0.4 is 10.4 Å². The topological polar surface area (TPSA) is 28.1 Å². The Morgan fingerprint density at radius 2 is 1.21 bits per heavy atom. The summed E-state index contributed by atoms with van der Waals surface area (Å²) in [6.45, 7) is 11.6. The molecule has 39 heavy (non-hydrogen) atoms. The van der Waals surface area contributed by atoms with Crippen molar-refractivity contribution in [3.8, 4) is 0 Å². The molecule has 0 spiro atoms. The summed E-state index contributed by atoms with van der Waals surface area (Å²) in [6, 6.07) is 31.1. The molecule has 3 aromatic carbocycles. The van der Waals surface area contributed by atoms with Gasteiger partial charge in [0.05, 0.1) is 6.10 Å². The Labute approximate surface area is 235 Å². The summed E-state index contributed by atoms with van der Waals surface area (Å²) in [5.41, 5.74) is 2.73. The summed E-state index contributed by atoms with van der Waals surface area (Å²) in [5.74, 6) is 1.21. The number of nitrogens with zero attached hydrogens (tertiary/aromatic N) is 3. The van der Waals surface area contributed by atoms with Crippen LogP contribution in [0.25, 0.3) is 0 Å². The zero-order valence-corrected chi connectivity index (χ0v) is 24.9. The van der Waals surface area contributed by atoms with Gasteiger partial charge in [0.1, 0.15) is 6.04 Å². The molecule has 2 fully saturated rings. The van der Waals surface area contributed by atoms with Crippen molar-refractivity contribution in [1.82, 2.24) is 9.80 Å². The number of rotatable bonds is 5. The summed E-state index contributed by atoms with van der Waals surface area (Å²) >= 11 is 0. The first-order valence-electron chi connectivity index (χ1n) is 14.9. The van der Waals surface area contributed by atoms with Crippen LogP contribution in [0.1, 0.15) is 63.6 Å². The third-order valence-corrected chi connectivity index (χ3v) is 14.0. The van der Waals surface area contributed by atoms with Crippen LogP contribution in [-0.4, -0.2) is 56.4 Å². The number of hydrogen-bond acceptors (Lipinski definition) is 2. The Balaban J connectivity index is 1.48. The van der Waals surface area contributed by atoms with Crippen LogP contribution in [0.2, 0.25) is 5.04 Å². The van der Waals surface area contributed by atoms with E-state index in [9.17, 15) is 0 Å². The van der Waals surface area contributed by atoms with Crippen molar-refractivity contribution in [2.75, 3.05) is 26.2 Å². The fraction of sp³-hybridized carbons (Fsp3) is 0.441. The number of hydrogen-bond donors (Lipinski definition) is 0. The van der Waals surface area contributed by atoms with E-state index in [1.165, 1.54) is 53.1 Å². The molecule has 2 saturated heterocycles. The molecule has 204 valence electrons. The molecule has 2 aliphatic heterocycles. The fourth-order valence-electron chi connectivity index (χ4n) is 7.04. The predicted molar refractivity (Wildman–Crippen MR) is 164 cm³/mol. The molecule has 0 bridgehead atoms. The molecule has 5 heteroatoms.